The van der Waals surface area contributed by atoms with Gasteiger partial charge in [-0.15, -0.1) is 0 Å². The average molecular weight is 408 g/mol. The number of aryl methyl sites for hydroxylation is 1. The molecule has 30 heavy (non-hydrogen) atoms. The van der Waals surface area contributed by atoms with Gasteiger partial charge in [0, 0.05) is 42.2 Å². The molecule has 0 amide bonds. The molecule has 1 fully saturated rings. The number of rotatable bonds is 5. The van der Waals surface area contributed by atoms with Gasteiger partial charge in [0.25, 0.3) is 5.69 Å². The third kappa shape index (κ3) is 3.89. The lowest BCUT2D eigenvalue weighted by Gasteiger charge is -2.20. The molecular weight excluding hydrogens is 388 g/mol. The van der Waals surface area contributed by atoms with Crippen LogP contribution in [-0.2, 0) is 11.3 Å². The first-order valence-corrected chi connectivity index (χ1v) is 9.66. The van der Waals surface area contributed by atoms with Crippen LogP contribution in [0.25, 0.3) is 11.0 Å². The smallest absolute Gasteiger partial charge is 0.340 e. The largest absolute Gasteiger partial charge is 0.457 e. The van der Waals surface area contributed by atoms with Gasteiger partial charge in [-0.25, -0.2) is 9.59 Å². The van der Waals surface area contributed by atoms with Crippen LogP contribution in [0.15, 0.2) is 51.7 Å². The lowest BCUT2D eigenvalue weighted by molar-refractivity contribution is -0.384. The lowest BCUT2D eigenvalue weighted by atomic mass is 10.1. The van der Waals surface area contributed by atoms with E-state index in [0.717, 1.165) is 31.5 Å². The zero-order valence-corrected chi connectivity index (χ0v) is 16.4. The zero-order valence-electron chi connectivity index (χ0n) is 16.4. The molecule has 8 nitrogen and oxygen atoms in total. The van der Waals surface area contributed by atoms with Crippen molar-refractivity contribution in [2.75, 3.05) is 18.0 Å². The molecule has 154 valence electrons. The van der Waals surface area contributed by atoms with Crippen LogP contribution in [-0.4, -0.2) is 24.0 Å². The van der Waals surface area contributed by atoms with Gasteiger partial charge in [-0.3, -0.25) is 10.1 Å². The van der Waals surface area contributed by atoms with Crippen molar-refractivity contribution < 1.29 is 18.9 Å². The molecule has 8 heteroatoms. The van der Waals surface area contributed by atoms with E-state index in [4.69, 9.17) is 9.15 Å². The molecular formula is C22H20N2O6. The van der Waals surface area contributed by atoms with Gasteiger partial charge in [0.1, 0.15) is 12.2 Å². The van der Waals surface area contributed by atoms with Gasteiger partial charge < -0.3 is 14.1 Å². The van der Waals surface area contributed by atoms with Gasteiger partial charge in [0.15, 0.2) is 0 Å². The van der Waals surface area contributed by atoms with Crippen molar-refractivity contribution in [3.05, 3.63) is 79.7 Å². The van der Waals surface area contributed by atoms with E-state index in [0.29, 0.717) is 22.2 Å². The van der Waals surface area contributed by atoms with Gasteiger partial charge in [0.2, 0.25) is 0 Å². The molecule has 3 aromatic rings. The molecule has 0 radical (unpaired) electrons. The Bertz CT molecular complexity index is 1190. The highest BCUT2D eigenvalue weighted by Gasteiger charge is 2.23. The first-order chi connectivity index (χ1) is 14.4. The van der Waals surface area contributed by atoms with Crippen molar-refractivity contribution in [1.82, 2.24) is 0 Å². The van der Waals surface area contributed by atoms with Crippen LogP contribution >= 0.6 is 0 Å². The van der Waals surface area contributed by atoms with Crippen LogP contribution in [0.1, 0.15) is 34.3 Å². The number of hydrogen-bond donors (Lipinski definition) is 0. The van der Waals surface area contributed by atoms with Crippen molar-refractivity contribution in [2.45, 2.75) is 26.4 Å². The van der Waals surface area contributed by atoms with E-state index in [1.54, 1.807) is 18.2 Å². The Hall–Kier alpha value is -3.68. The minimum absolute atomic E-state index is 0.147. The van der Waals surface area contributed by atoms with Crippen LogP contribution in [0.2, 0.25) is 0 Å². The van der Waals surface area contributed by atoms with Crippen LogP contribution in [0.4, 0.5) is 11.4 Å². The number of non-ortho nitro benzene ring substituents is 1. The Labute approximate surface area is 171 Å². The predicted octanol–water partition coefficient (Wildman–Crippen LogP) is 3.97. The standard InChI is InChI=1S/C22H20N2O6/c1-14-4-6-17-15(11-21(25)30-20(17)10-14)13-29-22(26)18-12-16(24(27)28)5-7-19(18)23-8-2-3-9-23/h4-7,10-12H,2-3,8-9,13H2,1H3. The summed E-state index contributed by atoms with van der Waals surface area (Å²) in [5.41, 5.74) is 1.93. The molecule has 1 aliphatic rings. The number of esters is 1. The molecule has 1 saturated heterocycles. The second-order valence-corrected chi connectivity index (χ2v) is 7.32. The highest BCUT2D eigenvalue weighted by molar-refractivity contribution is 5.97. The van der Waals surface area contributed by atoms with Crippen LogP contribution in [0.5, 0.6) is 0 Å². The van der Waals surface area contributed by atoms with Gasteiger partial charge in [-0.05, 0) is 37.5 Å². The van der Waals surface area contributed by atoms with E-state index in [1.165, 1.54) is 18.2 Å². The summed E-state index contributed by atoms with van der Waals surface area (Å²) in [6.07, 6.45) is 1.99. The Balaban J connectivity index is 1.64. The number of benzene rings is 2. The number of carbonyl (C=O) groups excluding carboxylic acids is 1. The quantitative estimate of drug-likeness (QED) is 0.272. The summed E-state index contributed by atoms with van der Waals surface area (Å²) in [7, 11) is 0. The Morgan fingerprint density at radius 2 is 1.93 bits per heavy atom. The number of hydrogen-bond acceptors (Lipinski definition) is 7. The van der Waals surface area contributed by atoms with E-state index in [9.17, 15) is 19.7 Å². The molecule has 0 aliphatic carbocycles. The first-order valence-electron chi connectivity index (χ1n) is 9.66. The van der Waals surface area contributed by atoms with E-state index < -0.39 is 16.5 Å². The van der Waals surface area contributed by atoms with Gasteiger partial charge in [0.05, 0.1) is 16.2 Å². The third-order valence-corrected chi connectivity index (χ3v) is 5.20. The fourth-order valence-electron chi connectivity index (χ4n) is 3.71. The number of nitro benzene ring substituents is 1. The van der Waals surface area contributed by atoms with Crippen molar-refractivity contribution in [1.29, 1.82) is 0 Å². The van der Waals surface area contributed by atoms with E-state index in [2.05, 4.69) is 0 Å². The minimum atomic E-state index is -0.672. The predicted molar refractivity (Wildman–Crippen MR) is 111 cm³/mol. The maximum Gasteiger partial charge on any atom is 0.340 e. The van der Waals surface area contributed by atoms with Crippen molar-refractivity contribution in [2.24, 2.45) is 0 Å². The summed E-state index contributed by atoms with van der Waals surface area (Å²) in [6.45, 7) is 3.30. The normalized spacial score (nSPS) is 13.6. The molecule has 4 rings (SSSR count). The molecule has 1 aliphatic heterocycles. The summed E-state index contributed by atoms with van der Waals surface area (Å²) in [6, 6.07) is 10.9. The minimum Gasteiger partial charge on any atom is -0.457 e. The molecule has 2 aromatic carbocycles. The number of ether oxygens (including phenoxy) is 1. The summed E-state index contributed by atoms with van der Waals surface area (Å²) < 4.78 is 10.7. The topological polar surface area (TPSA) is 103 Å². The first kappa shape index (κ1) is 19.6. The summed E-state index contributed by atoms with van der Waals surface area (Å²) in [4.78, 5) is 37.4. The highest BCUT2D eigenvalue weighted by Crippen LogP contribution is 2.29. The maximum absolute atomic E-state index is 12.9. The van der Waals surface area contributed by atoms with E-state index >= 15 is 0 Å². The Morgan fingerprint density at radius 1 is 1.17 bits per heavy atom. The fourth-order valence-corrected chi connectivity index (χ4v) is 3.71. The highest BCUT2D eigenvalue weighted by atomic mass is 16.6. The van der Waals surface area contributed by atoms with Gasteiger partial charge in [-0.2, -0.15) is 0 Å². The van der Waals surface area contributed by atoms with Crippen LogP contribution in [0, 0.1) is 17.0 Å². The van der Waals surface area contributed by atoms with Gasteiger partial charge >= 0.3 is 11.6 Å². The Morgan fingerprint density at radius 3 is 2.67 bits per heavy atom. The molecule has 0 saturated carbocycles. The monoisotopic (exact) mass is 408 g/mol. The maximum atomic E-state index is 12.9. The van der Waals surface area contributed by atoms with Crippen LogP contribution < -0.4 is 10.5 Å². The van der Waals surface area contributed by atoms with E-state index in [-0.39, 0.29) is 17.9 Å². The Kier molecular flexibility index (Phi) is 5.22. The second kappa shape index (κ2) is 7.98. The van der Waals surface area contributed by atoms with Crippen molar-refractivity contribution >= 4 is 28.3 Å². The van der Waals surface area contributed by atoms with Crippen molar-refractivity contribution in [3.8, 4) is 0 Å². The SMILES string of the molecule is Cc1ccc2c(COC(=O)c3cc([N+](=O)[O-])ccc3N3CCCC3)cc(=O)oc2c1. The van der Waals surface area contributed by atoms with Crippen LogP contribution in [0.3, 0.4) is 0 Å². The summed E-state index contributed by atoms with van der Waals surface area (Å²) >= 11 is 0. The molecule has 2 heterocycles. The fraction of sp³-hybridized carbons (Fsp3) is 0.273. The van der Waals surface area contributed by atoms with E-state index in [1.807, 2.05) is 17.9 Å². The average Bonchev–Trinajstić information content (AvgIpc) is 3.25. The molecule has 0 unspecified atom stereocenters. The molecule has 0 atom stereocenters. The number of anilines is 1. The second-order valence-electron chi connectivity index (χ2n) is 7.32. The number of fused-ring (bicyclic) bond motifs is 1. The molecule has 0 spiro atoms. The molecule has 0 bridgehead atoms. The summed E-state index contributed by atoms with van der Waals surface area (Å²) in [5, 5.41) is 11.9. The third-order valence-electron chi connectivity index (χ3n) is 5.20. The zero-order chi connectivity index (χ0) is 21.3. The molecule has 1 aromatic heterocycles. The number of carbonyl (C=O) groups is 1. The van der Waals surface area contributed by atoms with Gasteiger partial charge in [-0.1, -0.05) is 12.1 Å². The number of nitro groups is 1. The summed E-state index contributed by atoms with van der Waals surface area (Å²) in [5.74, 6) is -0.672. The molecule has 0 N–H and O–H groups in total. The number of nitrogens with zero attached hydrogens (tertiary/aromatic N) is 2. The van der Waals surface area contributed by atoms with Crippen molar-refractivity contribution in [3.63, 3.8) is 0 Å². The lowest BCUT2D eigenvalue weighted by Crippen LogP contribution is -2.21.